The number of hydrogen-bond donors (Lipinski definition) is 1. The van der Waals surface area contributed by atoms with Gasteiger partial charge in [-0.25, -0.2) is 0 Å². The van der Waals surface area contributed by atoms with E-state index in [0.717, 1.165) is 5.56 Å². The number of amides is 2. The highest BCUT2D eigenvalue weighted by molar-refractivity contribution is 8.05. The molecule has 1 unspecified atom stereocenters. The van der Waals surface area contributed by atoms with Crippen LogP contribution in [-0.4, -0.2) is 17.1 Å². The van der Waals surface area contributed by atoms with Gasteiger partial charge in [0.25, 0.3) is 5.91 Å². The number of nitrogens with zero attached hydrogens (tertiary/aromatic N) is 2. The van der Waals surface area contributed by atoms with Crippen LogP contribution in [0.1, 0.15) is 12.5 Å². The zero-order chi connectivity index (χ0) is 19.4. The lowest BCUT2D eigenvalue weighted by Crippen LogP contribution is -2.30. The maximum absolute atomic E-state index is 12.6. The number of nitrogens with one attached hydrogen (secondary N) is 1. The average Bonchev–Trinajstić information content (AvgIpc) is 2.97. The summed E-state index contributed by atoms with van der Waals surface area (Å²) in [5, 5.41) is 12.8. The SMILES string of the molecule is CC1SC(=C(C#N)C(=O)NCc2ccccc2)N(c2ccc(Cl)cc2)C1=O. The number of carbonyl (C=O) groups excluding carboxylic acids is 2. The van der Waals surface area contributed by atoms with E-state index in [9.17, 15) is 14.9 Å². The Morgan fingerprint density at radius 3 is 2.52 bits per heavy atom. The first-order valence-electron chi connectivity index (χ1n) is 8.24. The molecule has 0 bridgehead atoms. The molecule has 0 radical (unpaired) electrons. The molecule has 1 heterocycles. The van der Waals surface area contributed by atoms with Crippen LogP contribution in [0, 0.1) is 11.3 Å². The predicted molar refractivity (Wildman–Crippen MR) is 107 cm³/mol. The Kier molecular flexibility index (Phi) is 5.84. The van der Waals surface area contributed by atoms with Crippen molar-refractivity contribution in [3.8, 4) is 6.07 Å². The number of rotatable bonds is 4. The molecule has 0 saturated carbocycles. The molecular formula is C20H16ClN3O2S. The van der Waals surface area contributed by atoms with Gasteiger partial charge in [-0.2, -0.15) is 5.26 Å². The van der Waals surface area contributed by atoms with Crippen molar-refractivity contribution in [2.75, 3.05) is 4.90 Å². The van der Waals surface area contributed by atoms with Gasteiger partial charge in [0, 0.05) is 17.3 Å². The van der Waals surface area contributed by atoms with Crippen LogP contribution in [0.4, 0.5) is 5.69 Å². The summed E-state index contributed by atoms with van der Waals surface area (Å²) in [6.45, 7) is 2.05. The smallest absolute Gasteiger partial charge is 0.264 e. The molecule has 1 atom stereocenters. The summed E-state index contributed by atoms with van der Waals surface area (Å²) in [4.78, 5) is 26.6. The summed E-state index contributed by atoms with van der Waals surface area (Å²) in [5.41, 5.74) is 1.41. The minimum Gasteiger partial charge on any atom is -0.347 e. The maximum Gasteiger partial charge on any atom is 0.264 e. The molecule has 1 saturated heterocycles. The van der Waals surface area contributed by atoms with E-state index in [0.29, 0.717) is 22.3 Å². The lowest BCUT2D eigenvalue weighted by molar-refractivity contribution is -0.117. The Morgan fingerprint density at radius 2 is 1.89 bits per heavy atom. The molecule has 27 heavy (non-hydrogen) atoms. The highest BCUT2D eigenvalue weighted by atomic mass is 35.5. The summed E-state index contributed by atoms with van der Waals surface area (Å²) in [7, 11) is 0. The summed E-state index contributed by atoms with van der Waals surface area (Å²) < 4.78 is 0. The van der Waals surface area contributed by atoms with Gasteiger partial charge >= 0.3 is 0 Å². The Hall–Kier alpha value is -2.75. The predicted octanol–water partition coefficient (Wildman–Crippen LogP) is 3.86. The fourth-order valence-corrected chi connectivity index (χ4v) is 3.84. The molecule has 1 fully saturated rings. The number of carbonyl (C=O) groups is 2. The van der Waals surface area contributed by atoms with E-state index in [1.54, 1.807) is 31.2 Å². The minimum atomic E-state index is -0.510. The first kappa shape index (κ1) is 19.0. The molecule has 5 nitrogen and oxygen atoms in total. The van der Waals surface area contributed by atoms with Crippen molar-refractivity contribution < 1.29 is 9.59 Å². The normalized spacial score (nSPS) is 18.2. The van der Waals surface area contributed by atoms with Crippen molar-refractivity contribution in [2.45, 2.75) is 18.7 Å². The van der Waals surface area contributed by atoms with Gasteiger partial charge in [0.2, 0.25) is 5.91 Å². The first-order chi connectivity index (χ1) is 13.0. The van der Waals surface area contributed by atoms with Crippen LogP contribution in [0.15, 0.2) is 65.2 Å². The highest BCUT2D eigenvalue weighted by Gasteiger charge is 2.38. The van der Waals surface area contributed by atoms with E-state index in [1.807, 2.05) is 36.4 Å². The van der Waals surface area contributed by atoms with Gasteiger partial charge < -0.3 is 5.32 Å². The Bertz CT molecular complexity index is 936. The number of thioether (sulfide) groups is 1. The standard InChI is InChI=1S/C20H16ClN3O2S/c1-13-19(26)24(16-9-7-15(21)8-10-16)20(27-13)17(11-22)18(25)23-12-14-5-3-2-4-6-14/h2-10,13H,12H2,1H3,(H,23,25). The monoisotopic (exact) mass is 397 g/mol. The first-order valence-corrected chi connectivity index (χ1v) is 9.49. The lowest BCUT2D eigenvalue weighted by Gasteiger charge is -2.18. The molecule has 1 aliphatic rings. The quantitative estimate of drug-likeness (QED) is 0.628. The third-order valence-corrected chi connectivity index (χ3v) is 5.41. The summed E-state index contributed by atoms with van der Waals surface area (Å²) in [6, 6.07) is 18.1. The summed E-state index contributed by atoms with van der Waals surface area (Å²) >= 11 is 7.13. The largest absolute Gasteiger partial charge is 0.347 e. The molecule has 0 spiro atoms. The third-order valence-electron chi connectivity index (χ3n) is 3.99. The average molecular weight is 398 g/mol. The van der Waals surface area contributed by atoms with Gasteiger partial charge in [0.1, 0.15) is 16.7 Å². The fraction of sp³-hybridized carbons (Fsp3) is 0.150. The number of benzene rings is 2. The van der Waals surface area contributed by atoms with E-state index in [-0.39, 0.29) is 16.7 Å². The summed E-state index contributed by atoms with van der Waals surface area (Å²) in [6.07, 6.45) is 0. The lowest BCUT2D eigenvalue weighted by atomic mass is 10.2. The van der Waals surface area contributed by atoms with E-state index in [4.69, 9.17) is 11.6 Å². The van der Waals surface area contributed by atoms with Crippen molar-refractivity contribution in [3.05, 3.63) is 75.8 Å². The van der Waals surface area contributed by atoms with E-state index in [2.05, 4.69) is 5.32 Å². The second-order valence-corrected chi connectivity index (χ2v) is 7.64. The Labute approximate surface area is 166 Å². The van der Waals surface area contributed by atoms with Crippen LogP contribution in [0.25, 0.3) is 0 Å². The second-order valence-electron chi connectivity index (χ2n) is 5.87. The van der Waals surface area contributed by atoms with Crippen molar-refractivity contribution in [1.82, 2.24) is 5.32 Å². The molecule has 0 aliphatic carbocycles. The van der Waals surface area contributed by atoms with Crippen molar-refractivity contribution in [3.63, 3.8) is 0 Å². The molecule has 7 heteroatoms. The van der Waals surface area contributed by atoms with Crippen LogP contribution in [0.2, 0.25) is 5.02 Å². The molecular weight excluding hydrogens is 382 g/mol. The van der Waals surface area contributed by atoms with Crippen molar-refractivity contribution in [2.24, 2.45) is 0 Å². The molecule has 3 rings (SSSR count). The fourth-order valence-electron chi connectivity index (χ4n) is 2.62. The molecule has 0 aromatic heterocycles. The van der Waals surface area contributed by atoms with Gasteiger partial charge in [-0.05, 0) is 36.8 Å². The minimum absolute atomic E-state index is 0.0800. The maximum atomic E-state index is 12.6. The van der Waals surface area contributed by atoms with E-state index >= 15 is 0 Å². The summed E-state index contributed by atoms with van der Waals surface area (Å²) in [5.74, 6) is -0.689. The van der Waals surface area contributed by atoms with Crippen LogP contribution < -0.4 is 10.2 Å². The van der Waals surface area contributed by atoms with E-state index < -0.39 is 5.91 Å². The van der Waals surface area contributed by atoms with Gasteiger partial charge in [0.15, 0.2) is 0 Å². The number of hydrogen-bond acceptors (Lipinski definition) is 4. The molecule has 2 aromatic carbocycles. The number of halogens is 1. The molecule has 2 amide bonds. The van der Waals surface area contributed by atoms with Crippen LogP contribution >= 0.6 is 23.4 Å². The number of nitriles is 1. The van der Waals surface area contributed by atoms with Crippen molar-refractivity contribution in [1.29, 1.82) is 5.26 Å². The molecule has 136 valence electrons. The molecule has 1 aliphatic heterocycles. The van der Waals surface area contributed by atoms with Gasteiger partial charge in [-0.1, -0.05) is 53.7 Å². The van der Waals surface area contributed by atoms with E-state index in [1.165, 1.54) is 16.7 Å². The molecule has 2 aromatic rings. The van der Waals surface area contributed by atoms with Crippen LogP contribution in [0.3, 0.4) is 0 Å². The van der Waals surface area contributed by atoms with Crippen LogP contribution in [-0.2, 0) is 16.1 Å². The molecule has 1 N–H and O–H groups in total. The van der Waals surface area contributed by atoms with Gasteiger partial charge in [-0.15, -0.1) is 0 Å². The Morgan fingerprint density at radius 1 is 1.22 bits per heavy atom. The zero-order valence-corrected chi connectivity index (χ0v) is 16.1. The van der Waals surface area contributed by atoms with Crippen molar-refractivity contribution >= 4 is 40.9 Å². The third kappa shape index (κ3) is 4.16. The topological polar surface area (TPSA) is 73.2 Å². The van der Waals surface area contributed by atoms with Gasteiger partial charge in [-0.3, -0.25) is 14.5 Å². The Balaban J connectivity index is 1.91. The van der Waals surface area contributed by atoms with Gasteiger partial charge in [0.05, 0.1) is 5.25 Å². The zero-order valence-electron chi connectivity index (χ0n) is 14.5. The van der Waals surface area contributed by atoms with Crippen LogP contribution in [0.5, 0.6) is 0 Å². The second kappa shape index (κ2) is 8.30. The number of anilines is 1. The highest BCUT2D eigenvalue weighted by Crippen LogP contribution is 2.40.